The van der Waals surface area contributed by atoms with Crippen LogP contribution in [-0.4, -0.2) is 31.7 Å². The van der Waals surface area contributed by atoms with E-state index in [9.17, 15) is 9.59 Å². The molecule has 0 aliphatic carbocycles. The quantitative estimate of drug-likeness (QED) is 0.371. The lowest BCUT2D eigenvalue weighted by molar-refractivity contribution is -0.148. The minimum absolute atomic E-state index is 0.355. The summed E-state index contributed by atoms with van der Waals surface area (Å²) in [4.78, 5) is 24.1. The van der Waals surface area contributed by atoms with E-state index in [0.29, 0.717) is 34.4 Å². The number of carbonyl (C=O) groups excluding carboxylic acids is 2. The van der Waals surface area contributed by atoms with Gasteiger partial charge in [0.25, 0.3) is 5.91 Å². The maximum absolute atomic E-state index is 12.1. The van der Waals surface area contributed by atoms with Crippen molar-refractivity contribution >= 4 is 35.2 Å². The number of amides is 1. The summed E-state index contributed by atoms with van der Waals surface area (Å²) in [6.45, 7) is 5.45. The van der Waals surface area contributed by atoms with Crippen molar-refractivity contribution in [2.75, 3.05) is 19.0 Å². The number of rotatable bonds is 9. The van der Waals surface area contributed by atoms with Crippen molar-refractivity contribution in [3.63, 3.8) is 0 Å². The third kappa shape index (κ3) is 7.01. The zero-order valence-electron chi connectivity index (χ0n) is 16.2. The van der Waals surface area contributed by atoms with Crippen molar-refractivity contribution in [1.82, 2.24) is 0 Å². The van der Waals surface area contributed by atoms with Crippen molar-refractivity contribution in [3.05, 3.63) is 71.8 Å². The highest BCUT2D eigenvalue weighted by molar-refractivity contribution is 6.30. The van der Waals surface area contributed by atoms with Crippen molar-refractivity contribution < 1.29 is 23.8 Å². The van der Waals surface area contributed by atoms with Gasteiger partial charge in [-0.25, -0.2) is 4.79 Å². The molecule has 1 N–H and O–H groups in total. The summed E-state index contributed by atoms with van der Waals surface area (Å²) in [7, 11) is 1.53. The number of anilines is 1. The normalized spacial score (nSPS) is 11.6. The predicted molar refractivity (Wildman–Crippen MR) is 113 cm³/mol. The van der Waals surface area contributed by atoms with Crippen molar-refractivity contribution in [3.8, 4) is 11.5 Å². The van der Waals surface area contributed by atoms with Gasteiger partial charge in [0.05, 0.1) is 7.11 Å². The highest BCUT2D eigenvalue weighted by Gasteiger charge is 2.16. The van der Waals surface area contributed by atoms with Crippen LogP contribution >= 0.6 is 11.6 Å². The fraction of sp³-hybridized carbons (Fsp3) is 0.182. The number of carbonyl (C=O) groups is 2. The van der Waals surface area contributed by atoms with Crippen LogP contribution < -0.4 is 14.8 Å². The standard InChI is InChI=1S/C22H22ClNO5/c1-4-13-28-19-11-5-16(14-20(19)27-3)6-12-21(25)29-15(2)22(26)24-18-9-7-17(23)8-10-18/h4-12,14-15H,1,13H2,2-3H3,(H,24,26)/b12-6+/t15-/m0/s1. The van der Waals surface area contributed by atoms with Gasteiger partial charge >= 0.3 is 5.97 Å². The lowest BCUT2D eigenvalue weighted by Crippen LogP contribution is -2.29. The second kappa shape index (κ2) is 10.9. The molecule has 0 fully saturated rings. The van der Waals surface area contributed by atoms with Crippen LogP contribution in [0.2, 0.25) is 5.02 Å². The molecule has 7 heteroatoms. The molecule has 0 radical (unpaired) electrons. The summed E-state index contributed by atoms with van der Waals surface area (Å²) in [5.41, 5.74) is 1.27. The van der Waals surface area contributed by atoms with Gasteiger partial charge in [-0.15, -0.1) is 0 Å². The SMILES string of the molecule is C=CCOc1ccc(/C=C/C(=O)O[C@@H](C)C(=O)Nc2ccc(Cl)cc2)cc1OC. The predicted octanol–water partition coefficient (Wildman–Crippen LogP) is 4.50. The van der Waals surface area contributed by atoms with E-state index in [0.717, 1.165) is 0 Å². The molecule has 1 amide bonds. The molecule has 0 aliphatic heterocycles. The molecule has 0 aliphatic rings. The van der Waals surface area contributed by atoms with E-state index in [1.807, 2.05) is 0 Å². The van der Waals surface area contributed by atoms with Crippen LogP contribution in [0.4, 0.5) is 5.69 Å². The van der Waals surface area contributed by atoms with Crippen LogP contribution in [-0.2, 0) is 14.3 Å². The number of hydrogen-bond acceptors (Lipinski definition) is 5. The Morgan fingerprint density at radius 3 is 2.55 bits per heavy atom. The maximum Gasteiger partial charge on any atom is 0.331 e. The molecule has 29 heavy (non-hydrogen) atoms. The summed E-state index contributed by atoms with van der Waals surface area (Å²) in [5, 5.41) is 3.21. The molecule has 2 rings (SSSR count). The smallest absolute Gasteiger partial charge is 0.331 e. The Bertz CT molecular complexity index is 893. The molecule has 1 atom stereocenters. The molecule has 152 valence electrons. The Morgan fingerprint density at radius 2 is 1.90 bits per heavy atom. The molecule has 0 bridgehead atoms. The van der Waals surface area contributed by atoms with Gasteiger partial charge in [-0.2, -0.15) is 0 Å². The van der Waals surface area contributed by atoms with E-state index < -0.39 is 18.0 Å². The molecular formula is C22H22ClNO5. The van der Waals surface area contributed by atoms with E-state index in [4.69, 9.17) is 25.8 Å². The fourth-order valence-corrected chi connectivity index (χ4v) is 2.39. The van der Waals surface area contributed by atoms with Crippen LogP contribution in [0.1, 0.15) is 12.5 Å². The van der Waals surface area contributed by atoms with Crippen molar-refractivity contribution in [2.45, 2.75) is 13.0 Å². The number of ether oxygens (including phenoxy) is 3. The summed E-state index contributed by atoms with van der Waals surface area (Å²) in [6.07, 6.45) is 3.47. The van der Waals surface area contributed by atoms with Crippen LogP contribution in [0.25, 0.3) is 6.08 Å². The van der Waals surface area contributed by atoms with E-state index in [-0.39, 0.29) is 0 Å². The van der Waals surface area contributed by atoms with Gasteiger partial charge in [0, 0.05) is 16.8 Å². The monoisotopic (exact) mass is 415 g/mol. The van der Waals surface area contributed by atoms with Crippen LogP contribution in [0.5, 0.6) is 11.5 Å². The summed E-state index contributed by atoms with van der Waals surface area (Å²) in [6, 6.07) is 11.8. The van der Waals surface area contributed by atoms with Gasteiger partial charge in [-0.05, 0) is 55.0 Å². The zero-order chi connectivity index (χ0) is 21.2. The Labute approximate surface area is 174 Å². The third-order valence-corrected chi connectivity index (χ3v) is 3.98. The first kappa shape index (κ1) is 22.0. The van der Waals surface area contributed by atoms with Crippen LogP contribution in [0.15, 0.2) is 61.2 Å². The van der Waals surface area contributed by atoms with Gasteiger partial charge in [-0.3, -0.25) is 4.79 Å². The number of hydrogen-bond donors (Lipinski definition) is 1. The lowest BCUT2D eigenvalue weighted by atomic mass is 10.2. The first-order chi connectivity index (χ1) is 13.9. The van der Waals surface area contributed by atoms with E-state index in [1.54, 1.807) is 54.6 Å². The van der Waals surface area contributed by atoms with E-state index >= 15 is 0 Å². The number of esters is 1. The summed E-state index contributed by atoms with van der Waals surface area (Å²) in [5.74, 6) is 0.00636. The topological polar surface area (TPSA) is 73.9 Å². The van der Waals surface area contributed by atoms with Crippen molar-refractivity contribution in [1.29, 1.82) is 0 Å². The van der Waals surface area contributed by atoms with Gasteiger partial charge in [-0.1, -0.05) is 30.3 Å². The molecule has 0 unspecified atom stereocenters. The molecule has 6 nitrogen and oxygen atoms in total. The molecule has 0 aromatic heterocycles. The molecule has 0 heterocycles. The summed E-state index contributed by atoms with van der Waals surface area (Å²) < 4.78 is 15.9. The number of methoxy groups -OCH3 is 1. The number of halogens is 1. The molecule has 0 spiro atoms. The minimum Gasteiger partial charge on any atom is -0.493 e. The average Bonchev–Trinajstić information content (AvgIpc) is 2.72. The first-order valence-electron chi connectivity index (χ1n) is 8.79. The molecule has 2 aromatic rings. The van der Waals surface area contributed by atoms with Gasteiger partial charge in [0.1, 0.15) is 6.61 Å². The van der Waals surface area contributed by atoms with E-state index in [2.05, 4.69) is 11.9 Å². The summed E-state index contributed by atoms with van der Waals surface area (Å²) >= 11 is 5.81. The highest BCUT2D eigenvalue weighted by Crippen LogP contribution is 2.28. The molecular weight excluding hydrogens is 394 g/mol. The average molecular weight is 416 g/mol. The minimum atomic E-state index is -0.966. The third-order valence-electron chi connectivity index (χ3n) is 3.73. The zero-order valence-corrected chi connectivity index (χ0v) is 16.9. The Morgan fingerprint density at radius 1 is 1.17 bits per heavy atom. The fourth-order valence-electron chi connectivity index (χ4n) is 2.26. The van der Waals surface area contributed by atoms with Crippen LogP contribution in [0, 0.1) is 0 Å². The second-order valence-corrected chi connectivity index (χ2v) is 6.36. The molecule has 2 aromatic carbocycles. The molecule has 0 saturated carbocycles. The van der Waals surface area contributed by atoms with Crippen LogP contribution in [0.3, 0.4) is 0 Å². The Kier molecular flexibility index (Phi) is 8.30. The van der Waals surface area contributed by atoms with Gasteiger partial charge in [0.15, 0.2) is 17.6 Å². The van der Waals surface area contributed by atoms with E-state index in [1.165, 1.54) is 20.1 Å². The number of nitrogens with one attached hydrogen (secondary N) is 1. The second-order valence-electron chi connectivity index (χ2n) is 5.92. The Balaban J connectivity index is 1.93. The highest BCUT2D eigenvalue weighted by atomic mass is 35.5. The maximum atomic E-state index is 12.1. The molecule has 0 saturated heterocycles. The number of benzene rings is 2. The van der Waals surface area contributed by atoms with Gasteiger partial charge in [0.2, 0.25) is 0 Å². The lowest BCUT2D eigenvalue weighted by Gasteiger charge is -2.12. The van der Waals surface area contributed by atoms with Crippen molar-refractivity contribution in [2.24, 2.45) is 0 Å². The first-order valence-corrected chi connectivity index (χ1v) is 9.17. The Hall–Kier alpha value is -3.25. The van der Waals surface area contributed by atoms with Gasteiger partial charge < -0.3 is 19.5 Å². The largest absolute Gasteiger partial charge is 0.493 e.